The molecule has 4 nitrogen and oxygen atoms in total. The molecule has 0 aromatic rings. The van der Waals surface area contributed by atoms with Gasteiger partial charge in [-0.3, -0.25) is 9.59 Å². The van der Waals surface area contributed by atoms with Crippen LogP contribution in [0.1, 0.15) is 181 Å². The van der Waals surface area contributed by atoms with Gasteiger partial charge in [0.2, 0.25) is 0 Å². The van der Waals surface area contributed by atoms with E-state index in [9.17, 15) is 9.59 Å². The number of rotatable bonds is 30. The fourth-order valence-corrected chi connectivity index (χ4v) is 6.09. The molecule has 236 valence electrons. The maximum absolute atomic E-state index is 12.4. The van der Waals surface area contributed by atoms with E-state index < -0.39 is 0 Å². The Bertz CT molecular complexity index is 605. The highest BCUT2D eigenvalue weighted by atomic mass is 16.5. The molecular weight excluding hydrogens is 494 g/mol. The lowest BCUT2D eigenvalue weighted by atomic mass is 10.0. The van der Waals surface area contributed by atoms with E-state index in [1.54, 1.807) is 0 Å². The van der Waals surface area contributed by atoms with Gasteiger partial charge in [0.05, 0.1) is 0 Å². The molecule has 1 aliphatic carbocycles. The summed E-state index contributed by atoms with van der Waals surface area (Å²) in [5.41, 5.74) is 0. The van der Waals surface area contributed by atoms with Crippen molar-refractivity contribution < 1.29 is 14.3 Å². The van der Waals surface area contributed by atoms with Gasteiger partial charge in [0.15, 0.2) is 0 Å². The fraction of sp³-hybridized carbons (Fsp3) is 0.944. The summed E-state index contributed by atoms with van der Waals surface area (Å²) in [7, 11) is 4.10. The van der Waals surface area contributed by atoms with Crippen LogP contribution in [0, 0.1) is 11.8 Å². The Morgan fingerprint density at radius 3 is 1.73 bits per heavy atom. The van der Waals surface area contributed by atoms with Crippen LogP contribution >= 0.6 is 0 Å². The minimum Gasteiger partial charge on any atom is -0.462 e. The molecule has 0 aromatic carbocycles. The summed E-state index contributed by atoms with van der Waals surface area (Å²) in [6.07, 6.45) is 30.8. The van der Waals surface area contributed by atoms with Crippen molar-refractivity contribution in [3.8, 4) is 0 Å². The van der Waals surface area contributed by atoms with Gasteiger partial charge >= 0.3 is 5.97 Å². The number of unbranched alkanes of at least 4 members (excludes halogenated alkanes) is 14. The summed E-state index contributed by atoms with van der Waals surface area (Å²) in [4.78, 5) is 26.7. The second-order valence-electron chi connectivity index (χ2n) is 13.3. The Hall–Kier alpha value is -0.900. The summed E-state index contributed by atoms with van der Waals surface area (Å²) >= 11 is 0. The average molecular weight is 564 g/mol. The van der Waals surface area contributed by atoms with Gasteiger partial charge < -0.3 is 9.64 Å². The smallest absolute Gasteiger partial charge is 0.306 e. The van der Waals surface area contributed by atoms with Gasteiger partial charge in [0.1, 0.15) is 11.9 Å². The minimum atomic E-state index is -0.00279. The standard InChI is InChI=1S/C36H69NO3/c1-5-7-9-10-13-17-20-25-35(40-36(39)27-22-30-37(3)4)26-21-18-15-12-11-14-16-19-24-34(38)29-28-33-31-32(33)23-8-6-2/h32-33,35H,5-31H2,1-4H3. The van der Waals surface area contributed by atoms with Gasteiger partial charge in [-0.2, -0.15) is 0 Å². The van der Waals surface area contributed by atoms with Gasteiger partial charge in [-0.15, -0.1) is 0 Å². The summed E-state index contributed by atoms with van der Waals surface area (Å²) < 4.78 is 5.94. The Labute approximate surface area is 250 Å². The summed E-state index contributed by atoms with van der Waals surface area (Å²) in [6.45, 7) is 5.47. The molecule has 0 saturated heterocycles. The van der Waals surface area contributed by atoms with Gasteiger partial charge in [0, 0.05) is 19.3 Å². The van der Waals surface area contributed by atoms with Crippen LogP contribution in [0.2, 0.25) is 0 Å². The van der Waals surface area contributed by atoms with Gasteiger partial charge in [0.25, 0.3) is 0 Å². The lowest BCUT2D eigenvalue weighted by molar-refractivity contribution is -0.150. The average Bonchev–Trinajstić information content (AvgIpc) is 3.69. The predicted octanol–water partition coefficient (Wildman–Crippen LogP) is 10.5. The Balaban J connectivity index is 2.05. The summed E-state index contributed by atoms with van der Waals surface area (Å²) in [6, 6.07) is 0. The summed E-state index contributed by atoms with van der Waals surface area (Å²) in [5, 5.41) is 0. The highest BCUT2D eigenvalue weighted by Crippen LogP contribution is 2.45. The van der Waals surface area contributed by atoms with Gasteiger partial charge in [-0.05, 0) is 83.8 Å². The normalized spacial score (nSPS) is 17.3. The lowest BCUT2D eigenvalue weighted by Crippen LogP contribution is -2.20. The van der Waals surface area contributed by atoms with E-state index in [0.29, 0.717) is 12.2 Å². The van der Waals surface area contributed by atoms with Crippen molar-refractivity contribution in [3.63, 3.8) is 0 Å². The quantitative estimate of drug-likeness (QED) is 0.0644. The molecule has 1 fully saturated rings. The number of ether oxygens (including phenoxy) is 1. The van der Waals surface area contributed by atoms with Crippen LogP contribution in [0.25, 0.3) is 0 Å². The first-order valence-electron chi connectivity index (χ1n) is 17.8. The van der Waals surface area contributed by atoms with Crippen LogP contribution < -0.4 is 0 Å². The number of Topliss-reactive ketones (excluding diaryl/α,β-unsaturated/α-hetero) is 1. The molecule has 40 heavy (non-hydrogen) atoms. The fourth-order valence-electron chi connectivity index (χ4n) is 6.09. The SMILES string of the molecule is CCCCCCCCCC(CCCCCCCCCCC(=O)CCC1CC1CCCC)OC(=O)CCCN(C)C. The van der Waals surface area contributed by atoms with E-state index in [0.717, 1.165) is 63.3 Å². The second-order valence-corrected chi connectivity index (χ2v) is 13.3. The molecule has 0 aromatic heterocycles. The number of hydrogen-bond donors (Lipinski definition) is 0. The molecule has 0 amide bonds. The van der Waals surface area contributed by atoms with E-state index in [1.807, 2.05) is 0 Å². The molecule has 0 spiro atoms. The number of nitrogens with zero attached hydrogens (tertiary/aromatic N) is 1. The number of carbonyl (C=O) groups is 2. The van der Waals surface area contributed by atoms with Crippen LogP contribution in [-0.4, -0.2) is 43.4 Å². The topological polar surface area (TPSA) is 46.6 Å². The number of ketones is 1. The zero-order valence-corrected chi connectivity index (χ0v) is 27.5. The predicted molar refractivity (Wildman–Crippen MR) is 172 cm³/mol. The van der Waals surface area contributed by atoms with Crippen LogP contribution in [0.3, 0.4) is 0 Å². The minimum absolute atomic E-state index is 0.00279. The number of hydrogen-bond acceptors (Lipinski definition) is 4. The van der Waals surface area contributed by atoms with E-state index in [-0.39, 0.29) is 12.1 Å². The van der Waals surface area contributed by atoms with E-state index in [1.165, 1.54) is 116 Å². The molecule has 3 atom stereocenters. The van der Waals surface area contributed by atoms with Crippen molar-refractivity contribution in [1.82, 2.24) is 4.90 Å². The van der Waals surface area contributed by atoms with E-state index in [2.05, 4.69) is 32.8 Å². The third-order valence-corrected chi connectivity index (χ3v) is 8.94. The summed E-state index contributed by atoms with van der Waals surface area (Å²) in [5.74, 6) is 2.31. The monoisotopic (exact) mass is 564 g/mol. The molecular formula is C36H69NO3. The Morgan fingerprint density at radius 2 is 1.15 bits per heavy atom. The molecule has 0 aliphatic heterocycles. The first-order chi connectivity index (χ1) is 19.5. The first kappa shape index (κ1) is 37.1. The van der Waals surface area contributed by atoms with Gasteiger partial charge in [-0.25, -0.2) is 0 Å². The number of carbonyl (C=O) groups excluding carboxylic acids is 2. The van der Waals surface area contributed by atoms with Crippen molar-refractivity contribution in [2.75, 3.05) is 20.6 Å². The highest BCUT2D eigenvalue weighted by Gasteiger charge is 2.35. The van der Waals surface area contributed by atoms with Crippen molar-refractivity contribution in [2.24, 2.45) is 11.8 Å². The Morgan fingerprint density at radius 1 is 0.625 bits per heavy atom. The largest absolute Gasteiger partial charge is 0.462 e. The molecule has 3 unspecified atom stereocenters. The third-order valence-electron chi connectivity index (χ3n) is 8.94. The van der Waals surface area contributed by atoms with Gasteiger partial charge in [-0.1, -0.05) is 110 Å². The zero-order valence-electron chi connectivity index (χ0n) is 27.5. The second kappa shape index (κ2) is 25.8. The third kappa shape index (κ3) is 22.8. The molecule has 1 saturated carbocycles. The maximum Gasteiger partial charge on any atom is 0.306 e. The van der Waals surface area contributed by atoms with Crippen LogP contribution in [-0.2, 0) is 14.3 Å². The van der Waals surface area contributed by atoms with Crippen LogP contribution in [0.4, 0.5) is 0 Å². The van der Waals surface area contributed by atoms with Crippen molar-refractivity contribution in [3.05, 3.63) is 0 Å². The molecule has 0 heterocycles. The van der Waals surface area contributed by atoms with Crippen LogP contribution in [0.15, 0.2) is 0 Å². The zero-order chi connectivity index (χ0) is 29.3. The van der Waals surface area contributed by atoms with Crippen molar-refractivity contribution >= 4 is 11.8 Å². The molecule has 0 radical (unpaired) electrons. The van der Waals surface area contributed by atoms with Crippen molar-refractivity contribution in [1.29, 1.82) is 0 Å². The number of esters is 1. The maximum atomic E-state index is 12.4. The molecule has 0 bridgehead atoms. The molecule has 4 heteroatoms. The Kier molecular flexibility index (Phi) is 23.9. The van der Waals surface area contributed by atoms with Crippen LogP contribution in [0.5, 0.6) is 0 Å². The highest BCUT2D eigenvalue weighted by molar-refractivity contribution is 5.78. The van der Waals surface area contributed by atoms with E-state index in [4.69, 9.17) is 4.74 Å². The molecule has 1 rings (SSSR count). The first-order valence-corrected chi connectivity index (χ1v) is 17.8. The lowest BCUT2D eigenvalue weighted by Gasteiger charge is -2.18. The van der Waals surface area contributed by atoms with Crippen molar-refractivity contribution in [2.45, 2.75) is 187 Å². The van der Waals surface area contributed by atoms with E-state index >= 15 is 0 Å². The molecule has 0 N–H and O–H groups in total. The molecule has 1 aliphatic rings.